The molecule has 2 aromatic carbocycles. The number of benzene rings is 2. The van der Waals surface area contributed by atoms with Gasteiger partial charge in [-0.05, 0) is 36.4 Å². The van der Waals surface area contributed by atoms with E-state index < -0.39 is 17.6 Å². The predicted octanol–water partition coefficient (Wildman–Crippen LogP) is 2.95. The van der Waals surface area contributed by atoms with Crippen molar-refractivity contribution in [3.05, 3.63) is 64.7 Å². The van der Waals surface area contributed by atoms with E-state index >= 15 is 0 Å². The number of anilines is 1. The molecule has 0 bridgehead atoms. The molecule has 1 spiro atoms. The highest BCUT2D eigenvalue weighted by molar-refractivity contribution is 6.30. The molecule has 8 nitrogen and oxygen atoms in total. The molecule has 2 aliphatic heterocycles. The molecule has 2 atom stereocenters. The lowest BCUT2D eigenvalue weighted by atomic mass is 9.91. The van der Waals surface area contributed by atoms with E-state index in [9.17, 15) is 14.4 Å². The zero-order valence-corrected chi connectivity index (χ0v) is 18.3. The Hall–Kier alpha value is -3.39. The van der Waals surface area contributed by atoms with Gasteiger partial charge in [-0.25, -0.2) is 0 Å². The van der Waals surface area contributed by atoms with Crippen LogP contribution >= 0.6 is 11.6 Å². The fourth-order valence-electron chi connectivity index (χ4n) is 4.07. The van der Waals surface area contributed by atoms with Crippen molar-refractivity contribution in [2.45, 2.75) is 37.8 Å². The number of carbonyl (C=O) groups is 3. The molecule has 0 aliphatic carbocycles. The third-order valence-corrected chi connectivity index (χ3v) is 5.97. The van der Waals surface area contributed by atoms with Crippen LogP contribution in [0.25, 0.3) is 0 Å². The highest BCUT2D eigenvalue weighted by Crippen LogP contribution is 2.39. The average Bonchev–Trinajstić information content (AvgIpc) is 3.38. The molecule has 0 aromatic heterocycles. The standard InChI is InChI=1S/C23H23ClN4O4/c1-2-20(29)26-17-5-3-4-15(10-17)18-11-23(32-27-18)12-19(21(25)30)28(13-23)22(31)14-6-8-16(24)9-7-14/h3-10,19H,2,11-13H2,1H3,(H2,25,30)(H,26,29)/t19-,23?/m1/s1. The van der Waals surface area contributed by atoms with Crippen molar-refractivity contribution in [3.63, 3.8) is 0 Å². The Balaban J connectivity index is 1.53. The number of amides is 3. The number of hydrogen-bond acceptors (Lipinski definition) is 5. The van der Waals surface area contributed by atoms with Gasteiger partial charge in [0.05, 0.1) is 12.3 Å². The Kier molecular flexibility index (Phi) is 5.88. The lowest BCUT2D eigenvalue weighted by Gasteiger charge is -2.23. The van der Waals surface area contributed by atoms with Gasteiger partial charge < -0.3 is 20.8 Å². The Morgan fingerprint density at radius 1 is 1.25 bits per heavy atom. The molecule has 0 radical (unpaired) electrons. The summed E-state index contributed by atoms with van der Waals surface area (Å²) in [5.74, 6) is -0.992. The maximum absolute atomic E-state index is 13.1. The van der Waals surface area contributed by atoms with Crippen LogP contribution in [0.3, 0.4) is 0 Å². The zero-order valence-electron chi connectivity index (χ0n) is 17.5. The molecule has 1 fully saturated rings. The molecular weight excluding hydrogens is 432 g/mol. The van der Waals surface area contributed by atoms with Crippen LogP contribution in [-0.4, -0.2) is 46.5 Å². The monoisotopic (exact) mass is 454 g/mol. The van der Waals surface area contributed by atoms with Crippen molar-refractivity contribution in [3.8, 4) is 0 Å². The molecule has 4 rings (SSSR count). The van der Waals surface area contributed by atoms with Crippen molar-refractivity contribution in [2.24, 2.45) is 10.9 Å². The van der Waals surface area contributed by atoms with E-state index in [-0.39, 0.29) is 24.8 Å². The summed E-state index contributed by atoms with van der Waals surface area (Å²) in [6, 6.07) is 13.0. The Labute approximate surface area is 190 Å². The predicted molar refractivity (Wildman–Crippen MR) is 120 cm³/mol. The van der Waals surface area contributed by atoms with Gasteiger partial charge in [-0.3, -0.25) is 14.4 Å². The number of primary amides is 1. The summed E-state index contributed by atoms with van der Waals surface area (Å²) in [4.78, 5) is 44.2. The molecule has 9 heteroatoms. The number of nitrogens with zero attached hydrogens (tertiary/aromatic N) is 2. The number of nitrogens with two attached hydrogens (primary N) is 1. The van der Waals surface area contributed by atoms with Gasteiger partial charge in [0.25, 0.3) is 5.91 Å². The number of rotatable bonds is 5. The van der Waals surface area contributed by atoms with Crippen molar-refractivity contribution in [1.82, 2.24) is 4.90 Å². The van der Waals surface area contributed by atoms with E-state index in [1.807, 2.05) is 18.2 Å². The fourth-order valence-corrected chi connectivity index (χ4v) is 4.20. The second-order valence-electron chi connectivity index (χ2n) is 8.03. The summed E-state index contributed by atoms with van der Waals surface area (Å²) in [5, 5.41) is 7.59. The SMILES string of the molecule is CCC(=O)Nc1cccc(C2=NOC3(C2)C[C@H](C(N)=O)N(C(=O)c2ccc(Cl)cc2)C3)c1. The van der Waals surface area contributed by atoms with Crippen LogP contribution in [0, 0.1) is 0 Å². The lowest BCUT2D eigenvalue weighted by molar-refractivity contribution is -0.122. The molecule has 2 heterocycles. The van der Waals surface area contributed by atoms with E-state index in [4.69, 9.17) is 22.2 Å². The average molecular weight is 455 g/mol. The van der Waals surface area contributed by atoms with E-state index in [0.717, 1.165) is 5.56 Å². The minimum absolute atomic E-state index is 0.0836. The van der Waals surface area contributed by atoms with Crippen LogP contribution in [0.1, 0.15) is 42.1 Å². The molecule has 1 saturated heterocycles. The molecule has 0 saturated carbocycles. The number of halogens is 1. The lowest BCUT2D eigenvalue weighted by Crippen LogP contribution is -2.44. The fraction of sp³-hybridized carbons (Fsp3) is 0.304. The molecular formula is C23H23ClN4O4. The summed E-state index contributed by atoms with van der Waals surface area (Å²) >= 11 is 5.92. The first-order valence-electron chi connectivity index (χ1n) is 10.3. The Bertz CT molecular complexity index is 1100. The van der Waals surface area contributed by atoms with Gasteiger partial charge in [0.15, 0.2) is 5.60 Å². The Morgan fingerprint density at radius 2 is 2.00 bits per heavy atom. The van der Waals surface area contributed by atoms with Gasteiger partial charge in [-0.15, -0.1) is 0 Å². The Morgan fingerprint density at radius 3 is 2.69 bits per heavy atom. The van der Waals surface area contributed by atoms with Crippen molar-refractivity contribution in [2.75, 3.05) is 11.9 Å². The molecule has 32 heavy (non-hydrogen) atoms. The van der Waals surface area contributed by atoms with Crippen molar-refractivity contribution in [1.29, 1.82) is 0 Å². The number of carbonyl (C=O) groups excluding carboxylic acids is 3. The van der Waals surface area contributed by atoms with E-state index in [1.54, 1.807) is 37.3 Å². The van der Waals surface area contributed by atoms with Gasteiger partial charge >= 0.3 is 0 Å². The molecule has 3 N–H and O–H groups in total. The molecule has 166 valence electrons. The first-order chi connectivity index (χ1) is 15.3. The highest BCUT2D eigenvalue weighted by Gasteiger charge is 2.53. The smallest absolute Gasteiger partial charge is 0.254 e. The van der Waals surface area contributed by atoms with Gasteiger partial charge in [-0.1, -0.05) is 35.8 Å². The van der Waals surface area contributed by atoms with E-state index in [2.05, 4.69) is 10.5 Å². The van der Waals surface area contributed by atoms with E-state index in [1.165, 1.54) is 4.90 Å². The second-order valence-corrected chi connectivity index (χ2v) is 8.47. The quantitative estimate of drug-likeness (QED) is 0.722. The number of likely N-dealkylation sites (tertiary alicyclic amines) is 1. The maximum Gasteiger partial charge on any atom is 0.254 e. The van der Waals surface area contributed by atoms with Crippen LogP contribution in [0.2, 0.25) is 5.02 Å². The normalized spacial score (nSPS) is 21.9. The van der Waals surface area contributed by atoms with E-state index in [0.29, 0.717) is 34.8 Å². The summed E-state index contributed by atoms with van der Waals surface area (Å²) in [6.07, 6.45) is 1.04. The van der Waals surface area contributed by atoms with Crippen LogP contribution in [0.5, 0.6) is 0 Å². The van der Waals surface area contributed by atoms with Gasteiger partial charge in [0.2, 0.25) is 11.8 Å². The van der Waals surface area contributed by atoms with Crippen LogP contribution in [-0.2, 0) is 14.4 Å². The summed E-state index contributed by atoms with van der Waals surface area (Å²) < 4.78 is 0. The number of hydrogen-bond donors (Lipinski definition) is 2. The zero-order chi connectivity index (χ0) is 22.9. The van der Waals surface area contributed by atoms with Gasteiger partial charge in [-0.2, -0.15) is 0 Å². The first-order valence-corrected chi connectivity index (χ1v) is 10.7. The van der Waals surface area contributed by atoms with Crippen molar-refractivity contribution < 1.29 is 19.2 Å². The number of oxime groups is 1. The van der Waals surface area contributed by atoms with Crippen LogP contribution in [0.15, 0.2) is 53.7 Å². The first kappa shape index (κ1) is 21.8. The maximum atomic E-state index is 13.1. The number of nitrogens with one attached hydrogen (secondary N) is 1. The minimum atomic E-state index is -0.834. The summed E-state index contributed by atoms with van der Waals surface area (Å²) in [5.41, 5.74) is 7.34. The second kappa shape index (κ2) is 8.63. The minimum Gasteiger partial charge on any atom is -0.387 e. The van der Waals surface area contributed by atoms with Crippen LogP contribution in [0.4, 0.5) is 5.69 Å². The summed E-state index contributed by atoms with van der Waals surface area (Å²) in [7, 11) is 0. The van der Waals surface area contributed by atoms with Gasteiger partial charge in [0.1, 0.15) is 6.04 Å². The topological polar surface area (TPSA) is 114 Å². The highest BCUT2D eigenvalue weighted by atomic mass is 35.5. The molecule has 2 aromatic rings. The summed E-state index contributed by atoms with van der Waals surface area (Å²) in [6.45, 7) is 1.96. The third-order valence-electron chi connectivity index (χ3n) is 5.72. The molecule has 2 aliphatic rings. The van der Waals surface area contributed by atoms with Crippen molar-refractivity contribution >= 4 is 40.7 Å². The third kappa shape index (κ3) is 4.31. The molecule has 1 unspecified atom stereocenters. The molecule has 3 amide bonds. The van der Waals surface area contributed by atoms with Gasteiger partial charge in [0, 0.05) is 41.1 Å². The van der Waals surface area contributed by atoms with Crippen LogP contribution < -0.4 is 11.1 Å². The largest absolute Gasteiger partial charge is 0.387 e.